The predicted molar refractivity (Wildman–Crippen MR) is 134 cm³/mol. The summed E-state index contributed by atoms with van der Waals surface area (Å²) in [6, 6.07) is 1.86. The molecule has 0 aliphatic carbocycles. The van der Waals surface area contributed by atoms with Crippen LogP contribution in [-0.2, 0) is 4.84 Å². The van der Waals surface area contributed by atoms with E-state index in [0.29, 0.717) is 5.84 Å². The zero-order chi connectivity index (χ0) is 23.3. The van der Waals surface area contributed by atoms with Gasteiger partial charge in [0, 0.05) is 31.9 Å². The van der Waals surface area contributed by atoms with Crippen molar-refractivity contribution in [3.8, 4) is 17.9 Å². The van der Waals surface area contributed by atoms with Gasteiger partial charge in [0.1, 0.15) is 11.9 Å². The summed E-state index contributed by atoms with van der Waals surface area (Å²) >= 11 is 0. The highest BCUT2D eigenvalue weighted by atomic mass is 16.7. The lowest BCUT2D eigenvalue weighted by Gasteiger charge is -2.25. The normalized spacial score (nSPS) is 15.8. The van der Waals surface area contributed by atoms with Gasteiger partial charge < -0.3 is 4.90 Å². The van der Waals surface area contributed by atoms with Gasteiger partial charge in [-0.25, -0.2) is 5.06 Å². The van der Waals surface area contributed by atoms with Crippen LogP contribution in [0.15, 0.2) is 0 Å². The minimum Gasteiger partial charge on any atom is -0.301 e. The molecule has 1 heterocycles. The first-order chi connectivity index (χ1) is 15.7. The zero-order valence-electron chi connectivity index (χ0n) is 21.0. The molecule has 1 atom stereocenters. The monoisotopic (exact) mass is 444 g/mol. The van der Waals surface area contributed by atoms with Gasteiger partial charge in [-0.1, -0.05) is 84.0 Å². The van der Waals surface area contributed by atoms with E-state index in [0.717, 1.165) is 51.9 Å². The quantitative estimate of drug-likeness (QED) is 0.168. The van der Waals surface area contributed by atoms with Gasteiger partial charge in [-0.3, -0.25) is 10.2 Å². The van der Waals surface area contributed by atoms with Gasteiger partial charge >= 0.3 is 0 Å². The van der Waals surface area contributed by atoms with Crippen molar-refractivity contribution >= 4 is 5.84 Å². The molecule has 0 bridgehead atoms. The molecule has 0 radical (unpaired) electrons. The molecule has 1 aliphatic rings. The Morgan fingerprint density at radius 3 is 2.03 bits per heavy atom. The maximum absolute atomic E-state index is 8.35. The van der Waals surface area contributed by atoms with E-state index >= 15 is 0 Å². The van der Waals surface area contributed by atoms with Crippen molar-refractivity contribution in [2.45, 2.75) is 123 Å². The van der Waals surface area contributed by atoms with E-state index in [-0.39, 0.29) is 6.10 Å². The lowest BCUT2D eigenvalue weighted by molar-refractivity contribution is -0.122. The lowest BCUT2D eigenvalue weighted by Crippen LogP contribution is -2.34. The molecular weight excluding hydrogens is 396 g/mol. The number of nitriles is 1. The highest BCUT2D eigenvalue weighted by molar-refractivity contribution is 5.80. The van der Waals surface area contributed by atoms with E-state index in [1.165, 1.54) is 77.0 Å². The Morgan fingerprint density at radius 2 is 1.47 bits per heavy atom. The summed E-state index contributed by atoms with van der Waals surface area (Å²) in [6.07, 6.45) is 19.3. The van der Waals surface area contributed by atoms with E-state index in [9.17, 15) is 0 Å². The van der Waals surface area contributed by atoms with Gasteiger partial charge in [0.15, 0.2) is 6.07 Å². The Kier molecular flexibility index (Phi) is 17.9. The summed E-state index contributed by atoms with van der Waals surface area (Å²) in [6.45, 7) is 8.64. The van der Waals surface area contributed by atoms with Crippen LogP contribution >= 0.6 is 0 Å². The summed E-state index contributed by atoms with van der Waals surface area (Å²) in [5, 5.41) is 18.5. The number of rotatable bonds is 20. The molecule has 1 aliphatic heterocycles. The topological polar surface area (TPSA) is 63.4 Å². The van der Waals surface area contributed by atoms with Crippen LogP contribution in [-0.4, -0.2) is 48.1 Å². The fourth-order valence-electron chi connectivity index (χ4n) is 4.21. The van der Waals surface area contributed by atoms with Crippen LogP contribution in [0.1, 0.15) is 117 Å². The van der Waals surface area contributed by atoms with Gasteiger partial charge in [0.25, 0.3) is 0 Å². The van der Waals surface area contributed by atoms with Crippen molar-refractivity contribution in [1.82, 2.24) is 9.96 Å². The van der Waals surface area contributed by atoms with Crippen molar-refractivity contribution < 1.29 is 4.84 Å². The Hall–Kier alpha value is -1.56. The highest BCUT2D eigenvalue weighted by Crippen LogP contribution is 2.19. The molecule has 32 heavy (non-hydrogen) atoms. The summed E-state index contributed by atoms with van der Waals surface area (Å²) in [4.78, 5) is 8.66. The third-order valence-corrected chi connectivity index (χ3v) is 6.17. The molecule has 0 aromatic heterocycles. The zero-order valence-corrected chi connectivity index (χ0v) is 21.0. The second kappa shape index (κ2) is 20.1. The predicted octanol–water partition coefficient (Wildman–Crippen LogP) is 6.69. The van der Waals surface area contributed by atoms with E-state index in [2.05, 4.69) is 30.6 Å². The van der Waals surface area contributed by atoms with Crippen molar-refractivity contribution in [1.29, 1.82) is 10.7 Å². The van der Waals surface area contributed by atoms with Gasteiger partial charge in [-0.05, 0) is 38.8 Å². The second-order valence-electron chi connectivity index (χ2n) is 9.19. The smallest absolute Gasteiger partial charge is 0.152 e. The molecule has 1 saturated heterocycles. The van der Waals surface area contributed by atoms with Crippen LogP contribution in [0, 0.1) is 28.6 Å². The van der Waals surface area contributed by atoms with Crippen LogP contribution in [0.3, 0.4) is 0 Å². The number of nitrogens with zero attached hydrogens (tertiary/aromatic N) is 3. The minimum absolute atomic E-state index is 0.162. The average Bonchev–Trinajstić information content (AvgIpc) is 3.14. The minimum atomic E-state index is 0.162. The Balaban J connectivity index is 2.03. The Bertz CT molecular complexity index is 566. The molecule has 0 aromatic rings. The SMILES string of the molecule is CCCCN(CCCC)CC1CC(=N)N(CCCCCCCCCCCCC#CC#N)O1. The Labute approximate surface area is 198 Å². The Morgan fingerprint density at radius 1 is 0.906 bits per heavy atom. The van der Waals surface area contributed by atoms with Crippen molar-refractivity contribution in [3.63, 3.8) is 0 Å². The fourth-order valence-corrected chi connectivity index (χ4v) is 4.21. The molecule has 0 spiro atoms. The third kappa shape index (κ3) is 14.5. The number of hydrogen-bond acceptors (Lipinski definition) is 4. The molecule has 1 N–H and O–H groups in total. The molecule has 1 unspecified atom stereocenters. The molecule has 182 valence electrons. The first kappa shape index (κ1) is 28.5. The highest BCUT2D eigenvalue weighted by Gasteiger charge is 2.29. The summed E-state index contributed by atoms with van der Waals surface area (Å²) in [5.41, 5.74) is 0. The van der Waals surface area contributed by atoms with Crippen molar-refractivity contribution in [2.75, 3.05) is 26.2 Å². The van der Waals surface area contributed by atoms with E-state index in [4.69, 9.17) is 15.5 Å². The number of amidine groups is 1. The number of hydroxylamine groups is 2. The van der Waals surface area contributed by atoms with Gasteiger partial charge in [0.2, 0.25) is 0 Å². The van der Waals surface area contributed by atoms with Crippen LogP contribution in [0.4, 0.5) is 0 Å². The van der Waals surface area contributed by atoms with Crippen LogP contribution in [0.5, 0.6) is 0 Å². The molecule has 1 fully saturated rings. The summed E-state index contributed by atoms with van der Waals surface area (Å²) in [5.74, 6) is 6.00. The molecule has 0 saturated carbocycles. The van der Waals surface area contributed by atoms with Gasteiger partial charge in [-0.2, -0.15) is 5.26 Å². The first-order valence-electron chi connectivity index (χ1n) is 13.3. The second-order valence-corrected chi connectivity index (χ2v) is 9.19. The van der Waals surface area contributed by atoms with Crippen LogP contribution < -0.4 is 0 Å². The fraction of sp³-hybridized carbons (Fsp3) is 0.852. The van der Waals surface area contributed by atoms with E-state index in [1.807, 2.05) is 11.1 Å². The van der Waals surface area contributed by atoms with E-state index in [1.54, 1.807) is 0 Å². The van der Waals surface area contributed by atoms with Crippen LogP contribution in [0.25, 0.3) is 0 Å². The molecule has 1 rings (SSSR count). The van der Waals surface area contributed by atoms with Gasteiger partial charge in [-0.15, -0.1) is 0 Å². The maximum atomic E-state index is 8.35. The molecule has 0 aromatic carbocycles. The molecule has 5 heteroatoms. The average molecular weight is 445 g/mol. The molecule has 5 nitrogen and oxygen atoms in total. The lowest BCUT2D eigenvalue weighted by atomic mass is 10.1. The van der Waals surface area contributed by atoms with Gasteiger partial charge in [0.05, 0.1) is 0 Å². The number of unbranched alkanes of at least 4 members (excludes halogenated alkanes) is 12. The summed E-state index contributed by atoms with van der Waals surface area (Å²) < 4.78 is 0. The number of hydrogen-bond donors (Lipinski definition) is 1. The largest absolute Gasteiger partial charge is 0.301 e. The molecule has 0 amide bonds. The van der Waals surface area contributed by atoms with Crippen molar-refractivity contribution in [3.05, 3.63) is 0 Å². The third-order valence-electron chi connectivity index (χ3n) is 6.17. The summed E-state index contributed by atoms with van der Waals surface area (Å²) in [7, 11) is 0. The van der Waals surface area contributed by atoms with E-state index < -0.39 is 0 Å². The number of nitrogens with one attached hydrogen (secondary N) is 1. The van der Waals surface area contributed by atoms with Crippen LogP contribution in [0.2, 0.25) is 0 Å². The van der Waals surface area contributed by atoms with Crippen molar-refractivity contribution in [2.24, 2.45) is 0 Å². The maximum Gasteiger partial charge on any atom is 0.152 e. The molecular formula is C27H48N4O. The standard InChI is InChI=1S/C27H48N4O/c1-3-5-21-30(22-6-4-2)25-26-24-27(29)31(32-26)23-19-17-15-13-11-9-7-8-10-12-14-16-18-20-28/h26,29H,3-15,17,19,21-25H2,1-2H3. The first-order valence-corrected chi connectivity index (χ1v) is 13.3.